The van der Waals surface area contributed by atoms with Crippen LogP contribution in [0.4, 0.5) is 5.69 Å². The van der Waals surface area contributed by atoms with Crippen molar-refractivity contribution in [2.45, 2.75) is 6.92 Å². The summed E-state index contributed by atoms with van der Waals surface area (Å²) in [6.07, 6.45) is 1.38. The lowest BCUT2D eigenvalue weighted by molar-refractivity contribution is -0.384. The van der Waals surface area contributed by atoms with Gasteiger partial charge in [0.2, 0.25) is 0 Å². The zero-order valence-corrected chi connectivity index (χ0v) is 17.1. The first-order valence-electron chi connectivity index (χ1n) is 9.60. The van der Waals surface area contributed by atoms with Gasteiger partial charge in [-0.3, -0.25) is 14.9 Å². The quantitative estimate of drug-likeness (QED) is 0.189. The molecule has 9 nitrogen and oxygen atoms in total. The second kappa shape index (κ2) is 10.5. The van der Waals surface area contributed by atoms with Crippen molar-refractivity contribution < 1.29 is 24.0 Å². The zero-order valence-electron chi connectivity index (χ0n) is 17.1. The van der Waals surface area contributed by atoms with Crippen LogP contribution in [0.1, 0.15) is 33.2 Å². The van der Waals surface area contributed by atoms with E-state index in [1.54, 1.807) is 55.5 Å². The predicted molar refractivity (Wildman–Crippen MR) is 117 cm³/mol. The molecule has 0 spiro atoms. The normalized spacial score (nSPS) is 10.5. The van der Waals surface area contributed by atoms with Gasteiger partial charge >= 0.3 is 5.97 Å². The van der Waals surface area contributed by atoms with Gasteiger partial charge in [0.1, 0.15) is 0 Å². The third-order valence-electron chi connectivity index (χ3n) is 4.18. The molecule has 1 amide bonds. The van der Waals surface area contributed by atoms with Crippen molar-refractivity contribution in [2.75, 3.05) is 6.61 Å². The summed E-state index contributed by atoms with van der Waals surface area (Å²) in [5, 5.41) is 14.7. The maximum Gasteiger partial charge on any atom is 0.343 e. The Hall–Kier alpha value is -4.53. The summed E-state index contributed by atoms with van der Waals surface area (Å²) in [7, 11) is 0. The van der Waals surface area contributed by atoms with E-state index in [-0.39, 0.29) is 17.0 Å². The van der Waals surface area contributed by atoms with E-state index in [0.717, 1.165) is 6.07 Å². The van der Waals surface area contributed by atoms with Gasteiger partial charge in [0.05, 0.1) is 23.3 Å². The molecule has 9 heteroatoms. The number of benzene rings is 3. The number of nitro benzene ring substituents is 1. The Morgan fingerprint density at radius 1 is 1.00 bits per heavy atom. The molecule has 0 radical (unpaired) electrons. The van der Waals surface area contributed by atoms with Crippen LogP contribution in [0.25, 0.3) is 0 Å². The van der Waals surface area contributed by atoms with Crippen LogP contribution in [0.3, 0.4) is 0 Å². The van der Waals surface area contributed by atoms with E-state index in [0.29, 0.717) is 23.5 Å². The molecule has 3 aromatic carbocycles. The van der Waals surface area contributed by atoms with E-state index in [1.165, 1.54) is 24.4 Å². The molecule has 162 valence electrons. The Morgan fingerprint density at radius 2 is 1.75 bits per heavy atom. The average molecular weight is 433 g/mol. The number of rotatable bonds is 8. The molecule has 0 saturated heterocycles. The van der Waals surface area contributed by atoms with Crippen LogP contribution < -0.4 is 14.9 Å². The number of nitro groups is 1. The van der Waals surface area contributed by atoms with Gasteiger partial charge in [-0.25, -0.2) is 10.2 Å². The molecule has 0 aromatic heterocycles. The lowest BCUT2D eigenvalue weighted by Gasteiger charge is -2.11. The Labute approximate surface area is 183 Å². The molecular formula is C23H19N3O6. The maximum absolute atomic E-state index is 12.3. The minimum absolute atomic E-state index is 0.106. The first-order valence-corrected chi connectivity index (χ1v) is 9.60. The van der Waals surface area contributed by atoms with E-state index in [2.05, 4.69) is 10.5 Å². The Morgan fingerprint density at radius 3 is 2.47 bits per heavy atom. The first-order chi connectivity index (χ1) is 15.5. The summed E-state index contributed by atoms with van der Waals surface area (Å²) < 4.78 is 11.0. The lowest BCUT2D eigenvalue weighted by atomic mass is 10.2. The number of hydrogen-bond donors (Lipinski definition) is 1. The average Bonchev–Trinajstić information content (AvgIpc) is 2.81. The summed E-state index contributed by atoms with van der Waals surface area (Å²) in [5.74, 6) is -0.523. The number of esters is 1. The smallest absolute Gasteiger partial charge is 0.343 e. The molecule has 32 heavy (non-hydrogen) atoms. The fourth-order valence-corrected chi connectivity index (χ4v) is 2.68. The fraction of sp³-hybridized carbons (Fsp3) is 0.0870. The molecule has 0 aliphatic heterocycles. The number of carbonyl (C=O) groups is 2. The molecule has 0 fully saturated rings. The third kappa shape index (κ3) is 5.76. The van der Waals surface area contributed by atoms with E-state index in [4.69, 9.17) is 9.47 Å². The van der Waals surface area contributed by atoms with Crippen molar-refractivity contribution in [3.05, 3.63) is 99.6 Å². The zero-order chi connectivity index (χ0) is 22.9. The van der Waals surface area contributed by atoms with Gasteiger partial charge in [0.25, 0.3) is 11.6 Å². The predicted octanol–water partition coefficient (Wildman–Crippen LogP) is 3.98. The van der Waals surface area contributed by atoms with E-state index in [9.17, 15) is 19.7 Å². The fourth-order valence-electron chi connectivity index (χ4n) is 2.68. The molecule has 0 heterocycles. The van der Waals surface area contributed by atoms with Gasteiger partial charge in [0.15, 0.2) is 11.5 Å². The van der Waals surface area contributed by atoms with Crippen molar-refractivity contribution >= 4 is 23.8 Å². The SMILES string of the molecule is CCOc1cc(/C=N\NC(=O)c2cccc([N+](=O)[O-])c2)ccc1OC(=O)c1ccccc1. The van der Waals surface area contributed by atoms with E-state index in [1.807, 2.05) is 0 Å². The Kier molecular flexibility index (Phi) is 7.26. The summed E-state index contributed by atoms with van der Waals surface area (Å²) in [6, 6.07) is 18.7. The number of amides is 1. The summed E-state index contributed by atoms with van der Waals surface area (Å²) >= 11 is 0. The molecular weight excluding hydrogens is 414 g/mol. The van der Waals surface area contributed by atoms with Gasteiger partial charge in [-0.1, -0.05) is 24.3 Å². The van der Waals surface area contributed by atoms with Gasteiger partial charge in [-0.2, -0.15) is 5.10 Å². The van der Waals surface area contributed by atoms with Crippen molar-refractivity contribution in [3.8, 4) is 11.5 Å². The van der Waals surface area contributed by atoms with Crippen LogP contribution in [0.2, 0.25) is 0 Å². The molecule has 0 saturated carbocycles. The molecule has 1 N–H and O–H groups in total. The molecule has 3 rings (SSSR count). The number of non-ortho nitro benzene ring substituents is 1. The number of nitrogens with zero attached hydrogens (tertiary/aromatic N) is 2. The molecule has 0 aliphatic carbocycles. The van der Waals surface area contributed by atoms with E-state index < -0.39 is 16.8 Å². The molecule has 0 atom stereocenters. The maximum atomic E-state index is 12.3. The second-order valence-corrected chi connectivity index (χ2v) is 6.40. The van der Waals surface area contributed by atoms with Crippen molar-refractivity contribution in [1.82, 2.24) is 5.43 Å². The highest BCUT2D eigenvalue weighted by molar-refractivity contribution is 5.95. The summed E-state index contributed by atoms with van der Waals surface area (Å²) in [4.78, 5) is 34.7. The van der Waals surface area contributed by atoms with Crippen molar-refractivity contribution in [3.63, 3.8) is 0 Å². The van der Waals surface area contributed by atoms with Crippen LogP contribution in [-0.4, -0.2) is 29.6 Å². The number of ether oxygens (including phenoxy) is 2. The minimum Gasteiger partial charge on any atom is -0.490 e. The molecule has 3 aromatic rings. The monoisotopic (exact) mass is 433 g/mol. The highest BCUT2D eigenvalue weighted by Gasteiger charge is 2.13. The Bertz CT molecular complexity index is 1160. The van der Waals surface area contributed by atoms with Crippen molar-refractivity contribution in [1.29, 1.82) is 0 Å². The molecule has 0 bridgehead atoms. The highest BCUT2D eigenvalue weighted by Crippen LogP contribution is 2.29. The van der Waals surface area contributed by atoms with Gasteiger partial charge in [0, 0.05) is 17.7 Å². The molecule has 0 unspecified atom stereocenters. The van der Waals surface area contributed by atoms with Gasteiger partial charge in [-0.05, 0) is 48.9 Å². The largest absolute Gasteiger partial charge is 0.490 e. The lowest BCUT2D eigenvalue weighted by Crippen LogP contribution is -2.17. The standard InChI is InChI=1S/C23H19N3O6/c1-2-31-21-13-16(11-12-20(21)32-23(28)17-7-4-3-5-8-17)15-24-25-22(27)18-9-6-10-19(14-18)26(29)30/h3-15H,2H2,1H3,(H,25,27)/b24-15-. The highest BCUT2D eigenvalue weighted by atomic mass is 16.6. The minimum atomic E-state index is -0.594. The van der Waals surface area contributed by atoms with Crippen molar-refractivity contribution in [2.24, 2.45) is 5.10 Å². The van der Waals surface area contributed by atoms with Gasteiger partial charge < -0.3 is 9.47 Å². The van der Waals surface area contributed by atoms with Crippen LogP contribution in [0.15, 0.2) is 77.9 Å². The topological polar surface area (TPSA) is 120 Å². The van der Waals surface area contributed by atoms with E-state index >= 15 is 0 Å². The van der Waals surface area contributed by atoms with Crippen LogP contribution >= 0.6 is 0 Å². The van der Waals surface area contributed by atoms with Crippen LogP contribution in [-0.2, 0) is 0 Å². The van der Waals surface area contributed by atoms with Gasteiger partial charge in [-0.15, -0.1) is 0 Å². The van der Waals surface area contributed by atoms with Crippen LogP contribution in [0.5, 0.6) is 11.5 Å². The number of hydrogen-bond acceptors (Lipinski definition) is 7. The third-order valence-corrected chi connectivity index (χ3v) is 4.18. The summed E-state index contributed by atoms with van der Waals surface area (Å²) in [6.45, 7) is 2.14. The Balaban J connectivity index is 1.70. The summed E-state index contributed by atoms with van der Waals surface area (Å²) in [5.41, 5.74) is 3.21. The number of carbonyl (C=O) groups excluding carboxylic acids is 2. The molecule has 0 aliphatic rings. The second-order valence-electron chi connectivity index (χ2n) is 6.40. The van der Waals surface area contributed by atoms with Crippen LogP contribution in [0, 0.1) is 10.1 Å². The first kappa shape index (κ1) is 22.2. The number of hydrazone groups is 1. The number of nitrogens with one attached hydrogen (secondary N) is 1.